The fraction of sp³-hybridized carbons (Fsp3) is 0.571. The fourth-order valence-corrected chi connectivity index (χ4v) is 3.32. The molecule has 0 spiro atoms. The van der Waals surface area contributed by atoms with E-state index in [-0.39, 0.29) is 5.41 Å². The number of rotatable bonds is 3. The highest BCUT2D eigenvalue weighted by atomic mass is 35.5. The molecule has 18 heavy (non-hydrogen) atoms. The van der Waals surface area contributed by atoms with Crippen LogP contribution >= 0.6 is 11.6 Å². The van der Waals surface area contributed by atoms with Gasteiger partial charge in [-0.15, -0.1) is 0 Å². The molecule has 0 saturated carbocycles. The summed E-state index contributed by atoms with van der Waals surface area (Å²) >= 11 is 6.24. The third-order valence-corrected chi connectivity index (χ3v) is 4.58. The molecule has 2 aliphatic heterocycles. The van der Waals surface area contributed by atoms with Crippen molar-refractivity contribution in [3.63, 3.8) is 0 Å². The molecular weight excluding hydrogens is 250 g/mol. The molecular formula is C14H18ClNO2. The summed E-state index contributed by atoms with van der Waals surface area (Å²) in [5.74, 6) is 1.39. The zero-order valence-corrected chi connectivity index (χ0v) is 11.3. The van der Waals surface area contributed by atoms with Crippen LogP contribution in [0, 0.1) is 5.92 Å². The first kappa shape index (κ1) is 12.3. The van der Waals surface area contributed by atoms with Crippen molar-refractivity contribution in [1.29, 1.82) is 0 Å². The summed E-state index contributed by atoms with van der Waals surface area (Å²) in [4.78, 5) is 0. The lowest BCUT2D eigenvalue weighted by Crippen LogP contribution is -2.53. The van der Waals surface area contributed by atoms with Gasteiger partial charge in [-0.05, 0) is 43.1 Å². The maximum Gasteiger partial charge on any atom is 0.137 e. The summed E-state index contributed by atoms with van der Waals surface area (Å²) in [5, 5.41) is 4.13. The molecule has 3 rings (SSSR count). The number of halogens is 1. The maximum absolute atomic E-state index is 6.24. The van der Waals surface area contributed by atoms with E-state index in [0.29, 0.717) is 10.9 Å². The van der Waals surface area contributed by atoms with E-state index in [2.05, 4.69) is 11.4 Å². The lowest BCUT2D eigenvalue weighted by Gasteiger charge is -2.46. The number of ether oxygens (including phenoxy) is 2. The Morgan fingerprint density at radius 3 is 2.78 bits per heavy atom. The van der Waals surface area contributed by atoms with E-state index in [1.54, 1.807) is 7.11 Å². The van der Waals surface area contributed by atoms with Gasteiger partial charge in [0.25, 0.3) is 0 Å². The Hall–Kier alpha value is -0.770. The first-order chi connectivity index (χ1) is 8.76. The van der Waals surface area contributed by atoms with E-state index in [9.17, 15) is 0 Å². The summed E-state index contributed by atoms with van der Waals surface area (Å²) in [5.41, 5.74) is 1.44. The highest BCUT2D eigenvalue weighted by Crippen LogP contribution is 2.43. The van der Waals surface area contributed by atoms with Gasteiger partial charge in [-0.3, -0.25) is 0 Å². The second kappa shape index (κ2) is 4.72. The van der Waals surface area contributed by atoms with Crippen molar-refractivity contribution in [2.75, 3.05) is 33.4 Å². The zero-order valence-electron chi connectivity index (χ0n) is 10.5. The Kier molecular flexibility index (Phi) is 3.22. The molecule has 98 valence electrons. The largest absolute Gasteiger partial charge is 0.495 e. The molecule has 2 saturated heterocycles. The molecule has 1 atom stereocenters. The van der Waals surface area contributed by atoms with Gasteiger partial charge in [0.1, 0.15) is 5.75 Å². The normalized spacial score (nSPS) is 25.8. The van der Waals surface area contributed by atoms with E-state index in [1.165, 1.54) is 12.0 Å². The first-order valence-corrected chi connectivity index (χ1v) is 6.76. The minimum Gasteiger partial charge on any atom is -0.495 e. The van der Waals surface area contributed by atoms with Crippen molar-refractivity contribution in [3.05, 3.63) is 28.8 Å². The zero-order chi connectivity index (χ0) is 12.6. The SMILES string of the molecule is COc1ccc(C2(C3CCNC3)COC2)cc1Cl. The second-order valence-corrected chi connectivity index (χ2v) is 5.60. The van der Waals surface area contributed by atoms with Crippen LogP contribution in [0.25, 0.3) is 0 Å². The van der Waals surface area contributed by atoms with Crippen LogP contribution in [0.2, 0.25) is 5.02 Å². The Balaban J connectivity index is 1.93. The van der Waals surface area contributed by atoms with Crippen molar-refractivity contribution < 1.29 is 9.47 Å². The number of hydrogen-bond donors (Lipinski definition) is 1. The summed E-state index contributed by atoms with van der Waals surface area (Å²) in [6.45, 7) is 3.80. The predicted molar refractivity (Wildman–Crippen MR) is 71.5 cm³/mol. The Labute approximate surface area is 112 Å². The standard InChI is InChI=1S/C14H18ClNO2/c1-17-13-3-2-10(6-12(13)15)14(8-18-9-14)11-4-5-16-7-11/h2-3,6,11,16H,4-5,7-9H2,1H3. The van der Waals surface area contributed by atoms with E-state index in [4.69, 9.17) is 21.1 Å². The van der Waals surface area contributed by atoms with E-state index in [0.717, 1.165) is 32.1 Å². The molecule has 1 unspecified atom stereocenters. The van der Waals surface area contributed by atoms with Crippen LogP contribution in [0.1, 0.15) is 12.0 Å². The molecule has 2 aliphatic rings. The number of hydrogen-bond acceptors (Lipinski definition) is 3. The maximum atomic E-state index is 6.24. The average molecular weight is 268 g/mol. The third kappa shape index (κ3) is 1.81. The van der Waals surface area contributed by atoms with Gasteiger partial charge in [-0.2, -0.15) is 0 Å². The van der Waals surface area contributed by atoms with Crippen LogP contribution in [-0.4, -0.2) is 33.4 Å². The van der Waals surface area contributed by atoms with Crippen LogP contribution < -0.4 is 10.1 Å². The summed E-state index contributed by atoms with van der Waals surface area (Å²) in [7, 11) is 1.64. The van der Waals surface area contributed by atoms with Gasteiger partial charge < -0.3 is 14.8 Å². The van der Waals surface area contributed by atoms with Gasteiger partial charge in [-0.25, -0.2) is 0 Å². The van der Waals surface area contributed by atoms with Crippen LogP contribution in [0.4, 0.5) is 0 Å². The molecule has 0 bridgehead atoms. The molecule has 1 N–H and O–H groups in total. The Bertz CT molecular complexity index is 439. The van der Waals surface area contributed by atoms with Crippen LogP contribution in [0.5, 0.6) is 5.75 Å². The number of methoxy groups -OCH3 is 1. The quantitative estimate of drug-likeness (QED) is 0.911. The van der Waals surface area contributed by atoms with Crippen molar-refractivity contribution in [2.24, 2.45) is 5.92 Å². The van der Waals surface area contributed by atoms with E-state index < -0.39 is 0 Å². The van der Waals surface area contributed by atoms with E-state index in [1.807, 2.05) is 12.1 Å². The van der Waals surface area contributed by atoms with Crippen molar-refractivity contribution >= 4 is 11.6 Å². The molecule has 0 radical (unpaired) electrons. The van der Waals surface area contributed by atoms with Gasteiger partial charge in [0.15, 0.2) is 0 Å². The minimum atomic E-state index is 0.152. The Morgan fingerprint density at radius 2 is 2.28 bits per heavy atom. The van der Waals surface area contributed by atoms with Crippen molar-refractivity contribution in [2.45, 2.75) is 11.8 Å². The molecule has 4 heteroatoms. The molecule has 2 heterocycles. The summed E-state index contributed by atoms with van der Waals surface area (Å²) in [6, 6.07) is 6.13. The average Bonchev–Trinajstić information content (AvgIpc) is 2.82. The van der Waals surface area contributed by atoms with Crippen LogP contribution in [0.15, 0.2) is 18.2 Å². The highest BCUT2D eigenvalue weighted by Gasteiger charge is 2.47. The topological polar surface area (TPSA) is 30.5 Å². The van der Waals surface area contributed by atoms with Crippen LogP contribution in [-0.2, 0) is 10.2 Å². The molecule has 3 nitrogen and oxygen atoms in total. The highest BCUT2D eigenvalue weighted by molar-refractivity contribution is 6.32. The molecule has 0 aromatic heterocycles. The van der Waals surface area contributed by atoms with Crippen molar-refractivity contribution in [1.82, 2.24) is 5.32 Å². The predicted octanol–water partition coefficient (Wildman–Crippen LogP) is 2.23. The second-order valence-electron chi connectivity index (χ2n) is 5.19. The minimum absolute atomic E-state index is 0.152. The first-order valence-electron chi connectivity index (χ1n) is 6.39. The number of nitrogens with one attached hydrogen (secondary N) is 1. The monoisotopic (exact) mass is 267 g/mol. The van der Waals surface area contributed by atoms with Gasteiger partial charge in [0.05, 0.1) is 25.3 Å². The van der Waals surface area contributed by atoms with E-state index >= 15 is 0 Å². The molecule has 2 fully saturated rings. The van der Waals surface area contributed by atoms with Gasteiger partial charge in [0.2, 0.25) is 0 Å². The van der Waals surface area contributed by atoms with Crippen LogP contribution in [0.3, 0.4) is 0 Å². The molecule has 0 aliphatic carbocycles. The molecule has 1 aromatic rings. The molecule has 0 amide bonds. The smallest absolute Gasteiger partial charge is 0.137 e. The fourth-order valence-electron chi connectivity index (χ4n) is 3.06. The lowest BCUT2D eigenvalue weighted by molar-refractivity contribution is -0.0869. The Morgan fingerprint density at radius 1 is 1.44 bits per heavy atom. The summed E-state index contributed by atoms with van der Waals surface area (Å²) in [6.07, 6.45) is 1.22. The lowest BCUT2D eigenvalue weighted by atomic mass is 9.68. The van der Waals surface area contributed by atoms with Crippen molar-refractivity contribution in [3.8, 4) is 5.75 Å². The van der Waals surface area contributed by atoms with Gasteiger partial charge in [-0.1, -0.05) is 17.7 Å². The third-order valence-electron chi connectivity index (χ3n) is 4.29. The number of benzene rings is 1. The molecule has 1 aromatic carbocycles. The van der Waals surface area contributed by atoms with Gasteiger partial charge in [0, 0.05) is 5.41 Å². The van der Waals surface area contributed by atoms with Gasteiger partial charge >= 0.3 is 0 Å². The summed E-state index contributed by atoms with van der Waals surface area (Å²) < 4.78 is 10.7.